The molecule has 0 saturated heterocycles. The van der Waals surface area contributed by atoms with Crippen LogP contribution in [0.15, 0.2) is 24.3 Å². The summed E-state index contributed by atoms with van der Waals surface area (Å²) in [7, 11) is -3.89. The minimum atomic E-state index is -3.10. The first-order valence-electron chi connectivity index (χ1n) is 34.4. The van der Waals surface area contributed by atoms with Crippen molar-refractivity contribution in [2.24, 2.45) is 136 Å². The van der Waals surface area contributed by atoms with Gasteiger partial charge in [0.05, 0.1) is 11.2 Å². The van der Waals surface area contributed by atoms with E-state index in [0.717, 1.165) is 53.4 Å². The number of benzene rings is 1. The van der Waals surface area contributed by atoms with Crippen LogP contribution in [0.2, 0.25) is 6.04 Å². The number of amides is 1. The Hall–Kier alpha value is -1.51. The topological polar surface area (TPSA) is 179 Å². The van der Waals surface area contributed by atoms with Crippen molar-refractivity contribution in [3.8, 4) is 0 Å². The molecule has 1 rings (SSSR count). The first kappa shape index (κ1) is 96.2. The molecule has 89 heavy (non-hydrogen) atoms. The fourth-order valence-electron chi connectivity index (χ4n) is 13.0. The Morgan fingerprint density at radius 2 is 0.775 bits per heavy atom. The van der Waals surface area contributed by atoms with Crippen molar-refractivity contribution in [2.45, 2.75) is 263 Å². The van der Waals surface area contributed by atoms with E-state index in [0.29, 0.717) is 113 Å². The molecule has 0 aliphatic rings. The monoisotopic (exact) mass is 1340 g/mol. The lowest BCUT2D eigenvalue weighted by Gasteiger charge is -2.52. The van der Waals surface area contributed by atoms with E-state index in [-0.39, 0.29) is 17.7 Å². The van der Waals surface area contributed by atoms with E-state index in [1.54, 1.807) is 14.2 Å². The van der Waals surface area contributed by atoms with E-state index < -0.39 is 47.9 Å². The summed E-state index contributed by atoms with van der Waals surface area (Å²) in [5.74, 6) is 14.5. The molecular formula is C72H142ClNO11Si4. The van der Waals surface area contributed by atoms with Crippen molar-refractivity contribution in [3.05, 3.63) is 35.4 Å². The molecule has 1 aromatic rings. The van der Waals surface area contributed by atoms with Gasteiger partial charge in [-0.3, -0.25) is 31.6 Å². The third-order valence-corrected chi connectivity index (χ3v) is 27.8. The number of carbonyl (C=O) groups is 1. The molecule has 0 aliphatic carbocycles. The minimum Gasteiger partial charge on any atom is -0.390 e. The second-order valence-electron chi connectivity index (χ2n) is 29.2. The van der Waals surface area contributed by atoms with Crippen LogP contribution in [0.3, 0.4) is 0 Å². The Morgan fingerprint density at radius 1 is 0.483 bits per heavy atom. The zero-order valence-corrected chi connectivity index (χ0v) is 68.2. The van der Waals surface area contributed by atoms with Gasteiger partial charge in [0.2, 0.25) is 0 Å². The molecule has 0 saturated carbocycles. The number of halogens is 1. The maximum Gasteiger partial charge on any atom is 0.549 e. The highest BCUT2D eigenvalue weighted by Gasteiger charge is 2.53. The minimum absolute atomic E-state index is 0.0912. The highest BCUT2D eigenvalue weighted by Crippen LogP contribution is 2.48. The number of carbonyl (C=O) groups excluding carboxylic acids is 1. The van der Waals surface area contributed by atoms with Gasteiger partial charge in [0.1, 0.15) is 0 Å². The zero-order chi connectivity index (χ0) is 71.2. The van der Waals surface area contributed by atoms with Gasteiger partial charge in [-0.05, 0) is 174 Å². The number of aliphatic hydroxyl groups is 1. The predicted octanol–water partition coefficient (Wildman–Crippen LogP) is 19.3. The maximum absolute atomic E-state index is 12.8. The summed E-state index contributed by atoms with van der Waals surface area (Å²) < 4.78 is 70.3. The molecule has 22 atom stereocenters. The van der Waals surface area contributed by atoms with Crippen LogP contribution in [0, 0.1) is 136 Å². The molecule has 0 aliphatic heterocycles. The summed E-state index contributed by atoms with van der Waals surface area (Å²) in [4.78, 5) is 12.8. The summed E-state index contributed by atoms with van der Waals surface area (Å²) in [6.07, 6.45) is 4.24. The average molecular weight is 1350 g/mol. The maximum atomic E-state index is 12.8. The molecule has 0 fully saturated rings. The summed E-state index contributed by atoms with van der Waals surface area (Å²) in [5.41, 5.74) is 0.594. The Bertz CT molecular complexity index is 2030. The first-order chi connectivity index (χ1) is 41.0. The van der Waals surface area contributed by atoms with Gasteiger partial charge in [0, 0.05) is 38.3 Å². The molecule has 0 spiro atoms. The Kier molecular flexibility index (Phi) is 54.0. The van der Waals surface area contributed by atoms with E-state index in [1.807, 2.05) is 31.2 Å². The van der Waals surface area contributed by atoms with Crippen LogP contribution in [0.25, 0.3) is 0 Å². The van der Waals surface area contributed by atoms with Crippen molar-refractivity contribution < 1.29 is 50.0 Å². The van der Waals surface area contributed by atoms with Crippen LogP contribution in [0.4, 0.5) is 0 Å². The molecule has 17 heteroatoms. The molecule has 22 unspecified atom stereocenters. The van der Waals surface area contributed by atoms with Gasteiger partial charge in [0.15, 0.2) is 0 Å². The number of alkyl halides is 1. The fourth-order valence-corrected chi connectivity index (χ4v) is 15.7. The second-order valence-corrected chi connectivity index (χ2v) is 32.9. The quantitative estimate of drug-likeness (QED) is 0.0375. The molecule has 0 bridgehead atoms. The lowest BCUT2D eigenvalue weighted by atomic mass is 9.62. The molecule has 2 N–H and O–H groups in total. The van der Waals surface area contributed by atoms with Gasteiger partial charge in [0.25, 0.3) is 5.91 Å². The molecule has 0 radical (unpaired) electrons. The van der Waals surface area contributed by atoms with Crippen LogP contribution in [0.1, 0.15) is 256 Å². The van der Waals surface area contributed by atoms with Crippen molar-refractivity contribution in [1.82, 2.24) is 5.32 Å². The molecule has 1 amide bonds. The van der Waals surface area contributed by atoms with Gasteiger partial charge in [-0.1, -0.05) is 232 Å². The highest BCUT2D eigenvalue weighted by atomic mass is 35.5. The van der Waals surface area contributed by atoms with E-state index in [9.17, 15) is 9.90 Å². The number of nitrogens with one attached hydrogen (secondary N) is 1. The van der Waals surface area contributed by atoms with Gasteiger partial charge >= 0.3 is 36.7 Å². The van der Waals surface area contributed by atoms with Crippen LogP contribution < -0.4 is 5.32 Å². The smallest absolute Gasteiger partial charge is 0.390 e. The highest BCUT2D eigenvalue weighted by molar-refractivity contribution is 6.60. The number of hydrogen-bond acceptors (Lipinski definition) is 11. The van der Waals surface area contributed by atoms with Crippen molar-refractivity contribution in [3.63, 3.8) is 0 Å². The molecule has 1 aromatic carbocycles. The first-order valence-corrected chi connectivity index (χ1v) is 39.4. The normalized spacial score (nSPS) is 19.6. The lowest BCUT2D eigenvalue weighted by molar-refractivity contribution is -0.114. The molecule has 12 nitrogen and oxygen atoms in total. The second kappa shape index (κ2) is 50.0. The van der Waals surface area contributed by atoms with E-state index >= 15 is 0 Å². The summed E-state index contributed by atoms with van der Waals surface area (Å²) in [6.45, 7) is 73.3. The number of rotatable bonds is 35. The van der Waals surface area contributed by atoms with Crippen LogP contribution in [0.5, 0.6) is 0 Å². The average Bonchev–Trinajstić information content (AvgIpc) is 3.54. The fraction of sp³-hybridized carbons (Fsp3) is 0.903. The van der Waals surface area contributed by atoms with Gasteiger partial charge < -0.3 is 23.7 Å². The molecule has 524 valence electrons. The van der Waals surface area contributed by atoms with Crippen LogP contribution in [-0.2, 0) is 45.9 Å². The van der Waals surface area contributed by atoms with Gasteiger partial charge in [-0.2, -0.15) is 0 Å². The van der Waals surface area contributed by atoms with Crippen molar-refractivity contribution in [1.29, 1.82) is 0 Å². The standard InChI is InChI=1S/C38H70ClNO4Si.C17H36O.C17H36.3O2Si/c1-16-26(4)28(6)30(8)32(10)34(12)38(13,33(11)31(9)29(7)27(5)25(2)3)44-45(42-14,43-15)23-17-22-40-37(41)36-20-18-35(24-39)19-21-36;1-10-12(4)17(9,18)16(8)15(7)14(6)13(5)11(2)3;1-10-12(4)14(6)16(8)17(9)15(7)13(5)11(2)3;3*1-3-2/h18-21,25-34H,16-17,22-24H2,1-15H3,(H,40,41);11-16,18H,10H2,1-9H3;11-17H,10H2,1-9H3;;;. The third-order valence-electron chi connectivity index (χ3n) is 24.6. The Labute approximate surface area is 562 Å². The summed E-state index contributed by atoms with van der Waals surface area (Å²) >= 11 is 5.91. The van der Waals surface area contributed by atoms with Crippen LogP contribution >= 0.6 is 11.6 Å². The van der Waals surface area contributed by atoms with Gasteiger partial charge in [-0.15, -0.1) is 11.6 Å². The summed E-state index contributed by atoms with van der Waals surface area (Å²) in [5, 5.41) is 13.9. The SMILES string of the molecule is CCC(C)C(C)(O)C(C)C(C)C(C)C(C)C(C)C.CCC(C)C(C)C(C)C(C)C(C)C(C)(O[Si](CCCNC(=O)c1ccc(CCl)cc1)(OC)OC)C(C)C(C)C(C)C(C)C(C)C.CCC(C)C(C)C(C)C(C)C(C)C(C)C(C)C.O=[Si]=O.O=[Si]=O.O=[Si]=O. The summed E-state index contributed by atoms with van der Waals surface area (Å²) in [6, 6.07) is 8.05. The van der Waals surface area contributed by atoms with E-state index in [2.05, 4.69) is 213 Å². The number of hydrogen-bond donors (Lipinski definition) is 2. The van der Waals surface area contributed by atoms with Crippen molar-refractivity contribution in [2.75, 3.05) is 20.8 Å². The van der Waals surface area contributed by atoms with Crippen LogP contribution in [-0.4, -0.2) is 79.7 Å². The molecule has 0 aromatic heterocycles. The van der Waals surface area contributed by atoms with Gasteiger partial charge in [-0.25, -0.2) is 0 Å². The zero-order valence-electron chi connectivity index (χ0n) is 63.4. The van der Waals surface area contributed by atoms with E-state index in [1.165, 1.54) is 12.8 Å². The Morgan fingerprint density at radius 3 is 1.07 bits per heavy atom. The molecule has 0 heterocycles. The lowest BCUT2D eigenvalue weighted by Crippen LogP contribution is -2.59. The largest absolute Gasteiger partial charge is 0.549 e. The third kappa shape index (κ3) is 33.1. The van der Waals surface area contributed by atoms with Crippen molar-refractivity contribution >= 4 is 54.2 Å². The van der Waals surface area contributed by atoms with E-state index in [4.69, 9.17) is 51.7 Å². The predicted molar refractivity (Wildman–Crippen MR) is 378 cm³/mol. The molecular weight excluding hydrogens is 1200 g/mol. The Balaban J connectivity index is -0.000000435.